The van der Waals surface area contributed by atoms with Crippen LogP contribution in [0.1, 0.15) is 34.0 Å². The Morgan fingerprint density at radius 1 is 1.40 bits per heavy atom. The quantitative estimate of drug-likeness (QED) is 0.326. The van der Waals surface area contributed by atoms with Crippen molar-refractivity contribution in [2.75, 3.05) is 5.75 Å². The molecule has 0 saturated heterocycles. The number of hydrogen-bond donors (Lipinski definition) is 1. The van der Waals surface area contributed by atoms with Crippen LogP contribution in [0, 0.1) is 0 Å². The molecule has 0 aromatic rings. The van der Waals surface area contributed by atoms with Crippen molar-refractivity contribution < 1.29 is 39.7 Å². The van der Waals surface area contributed by atoms with Crippen LogP contribution in [-0.2, 0) is 11.1 Å². The molecule has 0 aliphatic heterocycles. The van der Waals surface area contributed by atoms with Gasteiger partial charge in [-0.05, 0) is 6.42 Å². The fraction of sp³-hybridized carbons (Fsp3) is 1.00. The molecule has 1 atom stereocenters. The molecule has 0 fully saturated rings. The largest absolute Gasteiger partial charge is 1.00 e. The standard InChI is InChI=1S/C6H14O2S.Na.H/c1-2-3-4-5-6-9(7)8;;/h2-6H2,1H3,(H,7,8);;/q;+1;-1. The summed E-state index contributed by atoms with van der Waals surface area (Å²) in [5.74, 6) is 0.444. The molecule has 0 aliphatic rings. The molecular formula is C6H15NaO2S. The maximum absolute atomic E-state index is 10.1. The van der Waals surface area contributed by atoms with Crippen molar-refractivity contribution in [2.45, 2.75) is 32.6 Å². The third-order valence-corrected chi connectivity index (χ3v) is 1.81. The molecule has 58 valence electrons. The first-order valence-electron chi connectivity index (χ1n) is 3.35. The molecule has 0 spiro atoms. The molecule has 0 saturated carbocycles. The van der Waals surface area contributed by atoms with Gasteiger partial charge in [0, 0.05) is 5.75 Å². The second-order valence-electron chi connectivity index (χ2n) is 2.09. The van der Waals surface area contributed by atoms with E-state index in [2.05, 4.69) is 6.92 Å². The van der Waals surface area contributed by atoms with E-state index in [-0.39, 0.29) is 31.0 Å². The van der Waals surface area contributed by atoms with E-state index in [1.807, 2.05) is 0 Å². The van der Waals surface area contributed by atoms with Crippen LogP contribution < -0.4 is 29.6 Å². The van der Waals surface area contributed by atoms with Crippen molar-refractivity contribution in [1.29, 1.82) is 0 Å². The van der Waals surface area contributed by atoms with Crippen LogP contribution in [0.2, 0.25) is 0 Å². The fourth-order valence-electron chi connectivity index (χ4n) is 0.652. The molecule has 0 bridgehead atoms. The molecule has 0 rings (SSSR count). The normalized spacial score (nSPS) is 12.2. The van der Waals surface area contributed by atoms with Gasteiger partial charge in [0.1, 0.15) is 0 Å². The van der Waals surface area contributed by atoms with Crippen LogP contribution in [0.25, 0.3) is 0 Å². The van der Waals surface area contributed by atoms with Gasteiger partial charge in [0.15, 0.2) is 11.1 Å². The van der Waals surface area contributed by atoms with Gasteiger partial charge in [-0.25, -0.2) is 4.21 Å². The van der Waals surface area contributed by atoms with Crippen molar-refractivity contribution >= 4 is 11.1 Å². The summed E-state index contributed by atoms with van der Waals surface area (Å²) in [7, 11) is 0. The van der Waals surface area contributed by atoms with Crippen LogP contribution in [0.4, 0.5) is 0 Å². The predicted molar refractivity (Wildman–Crippen MR) is 40.9 cm³/mol. The van der Waals surface area contributed by atoms with Crippen LogP contribution >= 0.6 is 0 Å². The zero-order valence-corrected chi connectivity index (χ0v) is 9.62. The van der Waals surface area contributed by atoms with Crippen molar-refractivity contribution in [2.24, 2.45) is 0 Å². The first-order chi connectivity index (χ1) is 4.27. The smallest absolute Gasteiger partial charge is 1.00 e. The molecule has 1 N–H and O–H groups in total. The molecule has 2 nitrogen and oxygen atoms in total. The van der Waals surface area contributed by atoms with Crippen LogP contribution in [-0.4, -0.2) is 14.5 Å². The topological polar surface area (TPSA) is 37.3 Å². The monoisotopic (exact) mass is 174 g/mol. The molecular weight excluding hydrogens is 159 g/mol. The summed E-state index contributed by atoms with van der Waals surface area (Å²) in [6.07, 6.45) is 4.33. The fourth-order valence-corrected chi connectivity index (χ4v) is 1.10. The maximum Gasteiger partial charge on any atom is 1.00 e. The Bertz CT molecular complexity index is 92.7. The third kappa shape index (κ3) is 11.9. The predicted octanol–water partition coefficient (Wildman–Crippen LogP) is -1.10. The summed E-state index contributed by atoms with van der Waals surface area (Å²) >= 11 is -1.57. The molecule has 0 aromatic heterocycles. The minimum absolute atomic E-state index is 0. The summed E-state index contributed by atoms with van der Waals surface area (Å²) in [5.41, 5.74) is 0. The van der Waals surface area contributed by atoms with Crippen molar-refractivity contribution in [1.82, 2.24) is 0 Å². The van der Waals surface area contributed by atoms with E-state index >= 15 is 0 Å². The first kappa shape index (κ1) is 13.7. The summed E-state index contributed by atoms with van der Waals surface area (Å²) in [6.45, 7) is 2.12. The van der Waals surface area contributed by atoms with Crippen molar-refractivity contribution in [3.05, 3.63) is 0 Å². The van der Waals surface area contributed by atoms with E-state index in [9.17, 15) is 4.21 Å². The molecule has 0 heterocycles. The van der Waals surface area contributed by atoms with E-state index in [4.69, 9.17) is 4.55 Å². The Kier molecular flexibility index (Phi) is 13.8. The summed E-state index contributed by atoms with van der Waals surface area (Å²) in [6, 6.07) is 0. The Balaban J connectivity index is -0.000000320. The molecule has 0 radical (unpaired) electrons. The van der Waals surface area contributed by atoms with Gasteiger partial charge >= 0.3 is 29.6 Å². The average Bonchev–Trinajstić information content (AvgIpc) is 1.80. The van der Waals surface area contributed by atoms with Gasteiger partial charge in [-0.15, -0.1) is 0 Å². The van der Waals surface area contributed by atoms with Gasteiger partial charge in [-0.3, -0.25) is 0 Å². The van der Waals surface area contributed by atoms with Crippen molar-refractivity contribution in [3.8, 4) is 0 Å². The number of rotatable bonds is 5. The van der Waals surface area contributed by atoms with Crippen LogP contribution in [0.3, 0.4) is 0 Å². The number of unbranched alkanes of at least 4 members (excludes halogenated alkanes) is 3. The van der Waals surface area contributed by atoms with Gasteiger partial charge in [-0.1, -0.05) is 26.2 Å². The zero-order chi connectivity index (χ0) is 7.11. The second-order valence-corrected chi connectivity index (χ2v) is 3.14. The molecule has 0 amide bonds. The van der Waals surface area contributed by atoms with E-state index in [1.54, 1.807) is 0 Å². The first-order valence-corrected chi connectivity index (χ1v) is 4.62. The average molecular weight is 174 g/mol. The summed E-state index contributed by atoms with van der Waals surface area (Å²) < 4.78 is 18.4. The van der Waals surface area contributed by atoms with E-state index in [0.717, 1.165) is 12.8 Å². The molecule has 4 heteroatoms. The van der Waals surface area contributed by atoms with Crippen LogP contribution in [0.15, 0.2) is 0 Å². The Morgan fingerprint density at radius 3 is 2.40 bits per heavy atom. The minimum Gasteiger partial charge on any atom is -1.00 e. The SMILES string of the molecule is CCCCCCS(=O)O.[H-].[Na+]. The molecule has 0 aliphatic carbocycles. The van der Waals surface area contributed by atoms with Gasteiger partial charge in [0.2, 0.25) is 0 Å². The Morgan fingerprint density at radius 2 is 2.00 bits per heavy atom. The van der Waals surface area contributed by atoms with Gasteiger partial charge < -0.3 is 5.98 Å². The van der Waals surface area contributed by atoms with Crippen LogP contribution in [0.5, 0.6) is 0 Å². The van der Waals surface area contributed by atoms with Gasteiger partial charge in [0.25, 0.3) is 0 Å². The minimum atomic E-state index is -1.57. The third-order valence-electron chi connectivity index (χ3n) is 1.17. The Labute approximate surface area is 88.8 Å². The second kappa shape index (κ2) is 10.1. The zero-order valence-electron chi connectivity index (χ0n) is 7.80. The maximum atomic E-state index is 10.1. The van der Waals surface area contributed by atoms with E-state index < -0.39 is 11.1 Å². The molecule has 1 unspecified atom stereocenters. The summed E-state index contributed by atoms with van der Waals surface area (Å²) in [5, 5.41) is 0. The summed E-state index contributed by atoms with van der Waals surface area (Å²) in [4.78, 5) is 0. The number of hydrogen-bond acceptors (Lipinski definition) is 1. The Hall–Kier alpha value is 1.11. The molecule has 0 aromatic carbocycles. The van der Waals surface area contributed by atoms with E-state index in [1.165, 1.54) is 12.8 Å². The van der Waals surface area contributed by atoms with Crippen molar-refractivity contribution in [3.63, 3.8) is 0 Å². The van der Waals surface area contributed by atoms with Gasteiger partial charge in [0.05, 0.1) is 0 Å². The molecule has 10 heavy (non-hydrogen) atoms. The van der Waals surface area contributed by atoms with Gasteiger partial charge in [-0.2, -0.15) is 0 Å². The van der Waals surface area contributed by atoms with E-state index in [0.29, 0.717) is 5.75 Å².